The molecule has 1 aromatic carbocycles. The fourth-order valence-corrected chi connectivity index (χ4v) is 1.57. The van der Waals surface area contributed by atoms with E-state index in [1.807, 2.05) is 0 Å². The Balaban J connectivity index is 0.00000361. The molecular weight excluding hydrogens is 284 g/mol. The number of hydrogen-bond acceptors (Lipinski definition) is 5. The number of ether oxygens (including phenoxy) is 3. The average molecular weight is 305 g/mol. The Morgan fingerprint density at radius 1 is 1.15 bits per heavy atom. The van der Waals surface area contributed by atoms with Crippen LogP contribution in [0.3, 0.4) is 0 Å². The molecule has 20 heavy (non-hydrogen) atoms. The number of methoxy groups -OCH3 is 3. The summed E-state index contributed by atoms with van der Waals surface area (Å²) in [6.07, 6.45) is 0. The van der Waals surface area contributed by atoms with E-state index in [0.717, 1.165) is 5.56 Å². The molecule has 1 rings (SSSR count). The van der Waals surface area contributed by atoms with Gasteiger partial charge in [0.15, 0.2) is 11.5 Å². The first-order valence-electron chi connectivity index (χ1n) is 5.85. The van der Waals surface area contributed by atoms with Crippen LogP contribution in [0.1, 0.15) is 12.5 Å². The summed E-state index contributed by atoms with van der Waals surface area (Å²) >= 11 is 0. The summed E-state index contributed by atoms with van der Waals surface area (Å²) in [5.41, 5.74) is 6.27. The number of benzene rings is 1. The smallest absolute Gasteiger partial charge is 0.236 e. The Hall–Kier alpha value is -1.66. The maximum atomic E-state index is 11.5. The van der Waals surface area contributed by atoms with E-state index < -0.39 is 6.04 Å². The van der Waals surface area contributed by atoms with Crippen molar-refractivity contribution >= 4 is 18.3 Å². The molecule has 1 aromatic rings. The van der Waals surface area contributed by atoms with Crippen molar-refractivity contribution in [1.29, 1.82) is 0 Å². The highest BCUT2D eigenvalue weighted by atomic mass is 35.5. The number of nitrogens with two attached hydrogens (primary N) is 1. The van der Waals surface area contributed by atoms with Crippen molar-refractivity contribution in [3.05, 3.63) is 17.7 Å². The number of halogens is 1. The largest absolute Gasteiger partial charge is 0.496 e. The van der Waals surface area contributed by atoms with Crippen molar-refractivity contribution in [1.82, 2.24) is 5.32 Å². The van der Waals surface area contributed by atoms with Gasteiger partial charge >= 0.3 is 0 Å². The lowest BCUT2D eigenvalue weighted by Gasteiger charge is -2.15. The molecule has 0 aliphatic carbocycles. The quantitative estimate of drug-likeness (QED) is 0.822. The zero-order chi connectivity index (χ0) is 14.4. The van der Waals surface area contributed by atoms with Crippen molar-refractivity contribution in [3.8, 4) is 17.2 Å². The highest BCUT2D eigenvalue weighted by Gasteiger charge is 2.13. The minimum Gasteiger partial charge on any atom is -0.496 e. The first-order valence-corrected chi connectivity index (χ1v) is 5.85. The second-order valence-corrected chi connectivity index (χ2v) is 4.03. The summed E-state index contributed by atoms with van der Waals surface area (Å²) in [5, 5.41) is 2.72. The first-order chi connectivity index (χ1) is 9.03. The fraction of sp³-hybridized carbons (Fsp3) is 0.462. The lowest BCUT2D eigenvalue weighted by Crippen LogP contribution is -2.37. The van der Waals surface area contributed by atoms with Crippen molar-refractivity contribution < 1.29 is 19.0 Å². The summed E-state index contributed by atoms with van der Waals surface area (Å²) in [7, 11) is 4.65. The molecule has 0 radical (unpaired) electrons. The van der Waals surface area contributed by atoms with E-state index in [-0.39, 0.29) is 18.3 Å². The van der Waals surface area contributed by atoms with Gasteiger partial charge in [-0.3, -0.25) is 4.79 Å². The second-order valence-electron chi connectivity index (χ2n) is 4.03. The van der Waals surface area contributed by atoms with E-state index in [1.165, 1.54) is 0 Å². The van der Waals surface area contributed by atoms with E-state index in [9.17, 15) is 4.79 Å². The van der Waals surface area contributed by atoms with Crippen molar-refractivity contribution in [2.75, 3.05) is 21.3 Å². The van der Waals surface area contributed by atoms with Crippen LogP contribution in [0.2, 0.25) is 0 Å². The number of carbonyl (C=O) groups is 1. The minimum atomic E-state index is -0.550. The van der Waals surface area contributed by atoms with Gasteiger partial charge in [-0.2, -0.15) is 0 Å². The molecule has 0 fully saturated rings. The molecule has 0 aliphatic heterocycles. The topological polar surface area (TPSA) is 82.8 Å². The highest BCUT2D eigenvalue weighted by Crippen LogP contribution is 2.34. The van der Waals surface area contributed by atoms with Gasteiger partial charge in [-0.15, -0.1) is 12.4 Å². The molecule has 1 unspecified atom stereocenters. The molecule has 3 N–H and O–H groups in total. The SMILES string of the molecule is COc1cc(OC)c(OC)cc1CNC(=O)C(C)N.Cl. The van der Waals surface area contributed by atoms with Crippen LogP contribution in [0.4, 0.5) is 0 Å². The number of rotatable bonds is 6. The van der Waals surface area contributed by atoms with Gasteiger partial charge in [-0.1, -0.05) is 0 Å². The lowest BCUT2D eigenvalue weighted by atomic mass is 10.1. The predicted molar refractivity (Wildman–Crippen MR) is 78.8 cm³/mol. The van der Waals surface area contributed by atoms with E-state index >= 15 is 0 Å². The molecule has 1 amide bonds. The fourth-order valence-electron chi connectivity index (χ4n) is 1.57. The molecule has 6 nitrogen and oxygen atoms in total. The van der Waals surface area contributed by atoms with Crippen LogP contribution in [0, 0.1) is 0 Å². The Morgan fingerprint density at radius 3 is 2.10 bits per heavy atom. The Morgan fingerprint density at radius 2 is 1.65 bits per heavy atom. The Labute approximate surface area is 125 Å². The molecule has 0 heterocycles. The third-order valence-corrected chi connectivity index (χ3v) is 2.65. The number of hydrogen-bond donors (Lipinski definition) is 2. The standard InChI is InChI=1S/C13H20N2O4.ClH/c1-8(14)13(16)15-7-9-5-11(18-3)12(19-4)6-10(9)17-2;/h5-6,8H,7,14H2,1-4H3,(H,15,16);1H. The Kier molecular flexibility index (Phi) is 7.79. The minimum absolute atomic E-state index is 0. The molecule has 114 valence electrons. The maximum absolute atomic E-state index is 11.5. The average Bonchev–Trinajstić information content (AvgIpc) is 2.43. The van der Waals surface area contributed by atoms with E-state index in [1.54, 1.807) is 40.4 Å². The van der Waals surface area contributed by atoms with Crippen molar-refractivity contribution in [2.45, 2.75) is 19.5 Å². The van der Waals surface area contributed by atoms with Crippen LogP contribution in [-0.2, 0) is 11.3 Å². The normalized spacial score (nSPS) is 11.1. The summed E-state index contributed by atoms with van der Waals surface area (Å²) in [6, 6.07) is 2.93. The van der Waals surface area contributed by atoms with Crippen molar-refractivity contribution in [3.63, 3.8) is 0 Å². The van der Waals surface area contributed by atoms with Crippen LogP contribution in [-0.4, -0.2) is 33.3 Å². The zero-order valence-corrected chi connectivity index (χ0v) is 12.9. The summed E-state index contributed by atoms with van der Waals surface area (Å²) in [6.45, 7) is 1.94. The molecule has 7 heteroatoms. The first kappa shape index (κ1) is 18.3. The van der Waals surface area contributed by atoms with Crippen LogP contribution in [0.25, 0.3) is 0 Å². The van der Waals surface area contributed by atoms with Crippen LogP contribution in [0.5, 0.6) is 17.2 Å². The van der Waals surface area contributed by atoms with E-state index in [2.05, 4.69) is 5.32 Å². The summed E-state index contributed by atoms with van der Waals surface area (Å²) in [5.74, 6) is 1.54. The molecule has 0 aliphatic rings. The Bertz CT molecular complexity index is 452. The monoisotopic (exact) mass is 304 g/mol. The van der Waals surface area contributed by atoms with Gasteiger partial charge in [0, 0.05) is 18.2 Å². The highest BCUT2D eigenvalue weighted by molar-refractivity contribution is 5.85. The van der Waals surface area contributed by atoms with Gasteiger partial charge in [0.1, 0.15) is 5.75 Å². The predicted octanol–water partition coefficient (Wildman–Crippen LogP) is 1.10. The third kappa shape index (κ3) is 4.47. The number of carbonyl (C=O) groups excluding carboxylic acids is 1. The molecule has 0 saturated carbocycles. The zero-order valence-electron chi connectivity index (χ0n) is 12.1. The summed E-state index contributed by atoms with van der Waals surface area (Å²) < 4.78 is 15.7. The molecule has 0 saturated heterocycles. The van der Waals surface area contributed by atoms with Gasteiger partial charge in [0.05, 0.1) is 27.4 Å². The van der Waals surface area contributed by atoms with E-state index in [4.69, 9.17) is 19.9 Å². The van der Waals surface area contributed by atoms with Crippen LogP contribution in [0.15, 0.2) is 12.1 Å². The number of amides is 1. The van der Waals surface area contributed by atoms with Gasteiger partial charge in [-0.05, 0) is 13.0 Å². The molecular formula is C13H21ClN2O4. The molecule has 1 atom stereocenters. The molecule has 0 spiro atoms. The molecule has 0 bridgehead atoms. The van der Waals surface area contributed by atoms with Gasteiger partial charge in [0.25, 0.3) is 0 Å². The van der Waals surface area contributed by atoms with Gasteiger partial charge < -0.3 is 25.3 Å². The maximum Gasteiger partial charge on any atom is 0.236 e. The van der Waals surface area contributed by atoms with Crippen LogP contribution < -0.4 is 25.3 Å². The lowest BCUT2D eigenvalue weighted by molar-refractivity contribution is -0.122. The second kappa shape index (κ2) is 8.50. The third-order valence-electron chi connectivity index (χ3n) is 2.65. The van der Waals surface area contributed by atoms with Gasteiger partial charge in [-0.25, -0.2) is 0 Å². The summed E-state index contributed by atoms with van der Waals surface area (Å²) in [4.78, 5) is 11.5. The van der Waals surface area contributed by atoms with Gasteiger partial charge in [0.2, 0.25) is 5.91 Å². The van der Waals surface area contributed by atoms with Crippen molar-refractivity contribution in [2.24, 2.45) is 5.73 Å². The van der Waals surface area contributed by atoms with Crippen LogP contribution >= 0.6 is 12.4 Å². The number of nitrogens with one attached hydrogen (secondary N) is 1. The molecule has 0 aromatic heterocycles. The van der Waals surface area contributed by atoms with E-state index in [0.29, 0.717) is 23.8 Å².